The minimum atomic E-state index is -0.694. The van der Waals surface area contributed by atoms with Gasteiger partial charge in [-0.05, 0) is 5.54 Å². The Labute approximate surface area is 140 Å². The fourth-order valence-corrected chi connectivity index (χ4v) is 4.31. The monoisotopic (exact) mass is 206 g/mol. The summed E-state index contributed by atoms with van der Waals surface area (Å²) in [6.07, 6.45) is 4.53. The van der Waals surface area contributed by atoms with Gasteiger partial charge < -0.3 is 2.85 Å². The Morgan fingerprint density at radius 2 is 1.82 bits per heavy atom. The summed E-state index contributed by atoms with van der Waals surface area (Å²) in [5.41, 5.74) is 1.09. The first kappa shape index (κ1) is 16.3. The summed E-state index contributed by atoms with van der Waals surface area (Å²) in [5.74, 6) is 0. The zero-order chi connectivity index (χ0) is 6.91. The molecule has 1 aliphatic heterocycles. The van der Waals surface area contributed by atoms with Gasteiger partial charge >= 0.3 is 80.9 Å². The Balaban J connectivity index is -0.000000101. The number of rotatable bonds is 0. The molecule has 0 aromatic heterocycles. The molecule has 0 bridgehead atoms. The van der Waals surface area contributed by atoms with Crippen LogP contribution in [0.2, 0.25) is 24.7 Å². The maximum Gasteiger partial charge on any atom is 1.00 e. The molecule has 0 N–H and O–H groups in total. The second-order valence-electron chi connectivity index (χ2n) is 4.14. The quantitative estimate of drug-likeness (QED) is 0.385. The van der Waals surface area contributed by atoms with Gasteiger partial charge in [-0.3, -0.25) is 0 Å². The van der Waals surface area contributed by atoms with E-state index in [0.29, 0.717) is 0 Å². The Bertz CT molecular complexity index is 114. The smallest absolute Gasteiger partial charge is 1.00 e. The molecule has 58 valence electrons. The van der Waals surface area contributed by atoms with Crippen LogP contribution in [0, 0.1) is 0 Å². The molecule has 1 heterocycles. The third-order valence-electron chi connectivity index (χ3n) is 3.04. The first-order chi connectivity index (χ1) is 4.13. The van der Waals surface area contributed by atoms with Crippen molar-refractivity contribution in [1.29, 1.82) is 0 Å². The van der Waals surface area contributed by atoms with Crippen LogP contribution in [-0.4, -0.2) is 8.07 Å². The zero-order valence-electron chi connectivity index (χ0n) is 10.9. The summed E-state index contributed by atoms with van der Waals surface area (Å²) in [7, 11) is -0.694. The summed E-state index contributed by atoms with van der Waals surface area (Å²) < 4.78 is 0. The fourth-order valence-electron chi connectivity index (χ4n) is 1.67. The average Bonchev–Trinajstić information content (AvgIpc) is 1.77. The predicted octanol–water partition coefficient (Wildman–Crippen LogP) is -2.50. The zero-order valence-corrected chi connectivity index (χ0v) is 15.0. The van der Waals surface area contributed by atoms with Gasteiger partial charge in [-0.1, -0.05) is 45.3 Å². The topological polar surface area (TPSA) is 0 Å². The molecule has 1 rings (SSSR count). The molecule has 1 unspecified atom stereocenters. The van der Waals surface area contributed by atoms with Crippen molar-refractivity contribution in [3.05, 3.63) is 0 Å². The molecule has 0 saturated carbocycles. The molecule has 1 saturated heterocycles. The molecule has 3 heteroatoms. The van der Waals surface area contributed by atoms with Crippen LogP contribution in [0.4, 0.5) is 0 Å². The van der Waals surface area contributed by atoms with Gasteiger partial charge in [0.25, 0.3) is 0 Å². The van der Waals surface area contributed by atoms with Gasteiger partial charge in [-0.15, -0.1) is 0 Å². The summed E-state index contributed by atoms with van der Waals surface area (Å²) in [6, 6.07) is 1.58. The van der Waals surface area contributed by atoms with Gasteiger partial charge in [0.15, 0.2) is 0 Å². The van der Waals surface area contributed by atoms with E-state index in [0.717, 1.165) is 5.54 Å². The van der Waals surface area contributed by atoms with Gasteiger partial charge in [0, 0.05) is 0 Å². The fraction of sp³-hybridized carbons (Fsp3) is 1.00. The van der Waals surface area contributed by atoms with Crippen LogP contribution in [0.15, 0.2) is 0 Å². The van der Waals surface area contributed by atoms with Crippen LogP contribution in [0.25, 0.3) is 0 Å². The molecule has 0 spiro atoms. The molecule has 1 atom stereocenters. The molecule has 0 radical (unpaired) electrons. The van der Waals surface area contributed by atoms with Crippen molar-refractivity contribution in [2.75, 3.05) is 0 Å². The van der Waals surface area contributed by atoms with E-state index in [1.807, 2.05) is 0 Å². The minimum absolute atomic E-state index is 0. The minimum Gasteiger partial charge on any atom is -1.00 e. The maximum atomic E-state index is 2.54. The van der Waals surface area contributed by atoms with Gasteiger partial charge in [-0.25, -0.2) is 0 Å². The van der Waals surface area contributed by atoms with E-state index in [2.05, 4.69) is 20.0 Å². The van der Waals surface area contributed by atoms with E-state index in [-0.39, 0.29) is 83.8 Å². The normalized spacial score (nSPS) is 28.1. The van der Waals surface area contributed by atoms with Crippen molar-refractivity contribution in [3.63, 3.8) is 0 Å². The summed E-state index contributed by atoms with van der Waals surface area (Å²) in [6.45, 7) is 7.53. The van der Waals surface area contributed by atoms with E-state index < -0.39 is 8.07 Å². The largest absolute Gasteiger partial charge is 1.00 e. The second-order valence-corrected chi connectivity index (χ2v) is 9.60. The molecule has 11 heavy (non-hydrogen) atoms. The molecule has 1 aliphatic rings. The molecule has 0 nitrogen and oxygen atoms in total. The number of hydrogen-bond donors (Lipinski definition) is 0. The van der Waals surface area contributed by atoms with E-state index in [4.69, 9.17) is 0 Å². The van der Waals surface area contributed by atoms with Crippen molar-refractivity contribution in [2.24, 2.45) is 0 Å². The van der Waals surface area contributed by atoms with Crippen molar-refractivity contribution in [2.45, 2.75) is 50.9 Å². The van der Waals surface area contributed by atoms with Gasteiger partial charge in [0.2, 0.25) is 0 Å². The van der Waals surface area contributed by atoms with Crippen molar-refractivity contribution in [3.8, 4) is 0 Å². The van der Waals surface area contributed by atoms with Crippen LogP contribution in [0.3, 0.4) is 0 Å². The van der Waals surface area contributed by atoms with Crippen LogP contribution in [0.5, 0.6) is 0 Å². The van der Waals surface area contributed by atoms with E-state index >= 15 is 0 Å². The third kappa shape index (κ3) is 5.33. The van der Waals surface area contributed by atoms with Crippen LogP contribution in [0.1, 0.15) is 29.0 Å². The molecule has 0 aromatic rings. The molecular weight excluding hydrogens is 186 g/mol. The molecule has 1 fully saturated rings. The maximum absolute atomic E-state index is 2.54. The van der Waals surface area contributed by atoms with E-state index in [9.17, 15) is 0 Å². The van der Waals surface area contributed by atoms with Crippen molar-refractivity contribution >= 4 is 8.07 Å². The van der Waals surface area contributed by atoms with Gasteiger partial charge in [-0.2, -0.15) is 0 Å². The Kier molecular flexibility index (Phi) is 10.6. The third-order valence-corrected chi connectivity index (χ3v) is 7.64. The summed E-state index contributed by atoms with van der Waals surface area (Å²) in [4.78, 5) is 0. The van der Waals surface area contributed by atoms with Crippen molar-refractivity contribution < 1.29 is 83.8 Å². The average molecular weight is 206 g/mol. The van der Waals surface area contributed by atoms with Gasteiger partial charge in [0.05, 0.1) is 8.07 Å². The van der Waals surface area contributed by atoms with E-state index in [1.165, 1.54) is 19.3 Å². The molecular formula is C8H20KNaSi. The SMILES string of the molecule is CC1CCCC[Si]1(C)C.[H-].[H-].[K+].[Na+]. The first-order valence-electron chi connectivity index (χ1n) is 4.13. The first-order valence-corrected chi connectivity index (χ1v) is 7.41. The van der Waals surface area contributed by atoms with Gasteiger partial charge in [0.1, 0.15) is 0 Å². The molecule has 0 amide bonds. The van der Waals surface area contributed by atoms with E-state index in [1.54, 1.807) is 6.04 Å². The standard InChI is InChI=1S/C8H18Si.K.Na.2H/c1-8-6-4-5-7-9(8,2)3;;;;/h8H,4-7H2,1-3H3;;;;/q;2*+1;2*-1. The Hall–Kier alpha value is 2.85. The number of hydrogen-bond acceptors (Lipinski definition) is 0. The van der Waals surface area contributed by atoms with Crippen LogP contribution in [-0.2, 0) is 0 Å². The van der Waals surface area contributed by atoms with Crippen molar-refractivity contribution in [1.82, 2.24) is 0 Å². The van der Waals surface area contributed by atoms with Crippen LogP contribution >= 0.6 is 0 Å². The second kappa shape index (κ2) is 7.19. The molecule has 0 aliphatic carbocycles. The Morgan fingerprint density at radius 1 is 1.27 bits per heavy atom. The van der Waals surface area contributed by atoms with Crippen LogP contribution < -0.4 is 80.9 Å². The summed E-state index contributed by atoms with van der Waals surface area (Å²) >= 11 is 0. The predicted molar refractivity (Wildman–Crippen MR) is 47.8 cm³/mol. The molecule has 0 aromatic carbocycles. The Morgan fingerprint density at radius 3 is 2.09 bits per heavy atom. The summed E-state index contributed by atoms with van der Waals surface area (Å²) in [5, 5.41) is 0.